The highest BCUT2D eigenvalue weighted by Crippen LogP contribution is 2.21. The van der Waals surface area contributed by atoms with Crippen molar-refractivity contribution in [1.82, 2.24) is 10.6 Å². The Morgan fingerprint density at radius 2 is 1.96 bits per heavy atom. The highest BCUT2D eigenvalue weighted by molar-refractivity contribution is 5.83. The fourth-order valence-electron chi connectivity index (χ4n) is 3.23. The van der Waals surface area contributed by atoms with Gasteiger partial charge in [-0.05, 0) is 59.3 Å². The molecular weight excluding hydrogens is 336 g/mol. The van der Waals surface area contributed by atoms with E-state index in [4.69, 9.17) is 9.47 Å². The van der Waals surface area contributed by atoms with Crippen molar-refractivity contribution in [3.8, 4) is 0 Å². The fourth-order valence-corrected chi connectivity index (χ4v) is 3.23. The zero-order valence-corrected chi connectivity index (χ0v) is 15.9. The van der Waals surface area contributed by atoms with Crippen LogP contribution in [-0.2, 0) is 19.1 Å². The molecule has 0 aromatic carbocycles. The normalized spacial score (nSPS) is 22.3. The van der Waals surface area contributed by atoms with Crippen LogP contribution in [0.15, 0.2) is 12.2 Å². The highest BCUT2D eigenvalue weighted by Gasteiger charge is 2.28. The molecule has 0 bridgehead atoms. The van der Waals surface area contributed by atoms with E-state index in [1.165, 1.54) is 6.08 Å². The maximum Gasteiger partial charge on any atom is 0.408 e. The van der Waals surface area contributed by atoms with Gasteiger partial charge in [-0.2, -0.15) is 0 Å². The molecule has 1 aliphatic carbocycles. The fraction of sp³-hybridized carbons (Fsp3) is 0.737. The van der Waals surface area contributed by atoms with Crippen LogP contribution in [-0.4, -0.2) is 42.3 Å². The summed E-state index contributed by atoms with van der Waals surface area (Å²) in [7, 11) is 0. The molecule has 2 atom stereocenters. The molecule has 0 spiro atoms. The Morgan fingerprint density at radius 1 is 1.27 bits per heavy atom. The van der Waals surface area contributed by atoms with Gasteiger partial charge in [-0.1, -0.05) is 6.08 Å². The second-order valence-electron chi connectivity index (χ2n) is 7.97. The van der Waals surface area contributed by atoms with E-state index in [0.29, 0.717) is 19.4 Å². The molecule has 26 heavy (non-hydrogen) atoms. The SMILES string of the molecule is CC(C)(C)OC(=O)N[C@H](C=CC(=O)OC1CCCC1)C[C@@H]1CCNC1=O. The zero-order chi connectivity index (χ0) is 19.2. The van der Waals surface area contributed by atoms with Gasteiger partial charge >= 0.3 is 12.1 Å². The number of amides is 2. The van der Waals surface area contributed by atoms with Crippen LogP contribution in [0.5, 0.6) is 0 Å². The zero-order valence-electron chi connectivity index (χ0n) is 15.9. The van der Waals surface area contributed by atoms with Crippen LogP contribution >= 0.6 is 0 Å². The van der Waals surface area contributed by atoms with Gasteiger partial charge in [-0.15, -0.1) is 0 Å². The molecule has 0 aromatic rings. The molecule has 146 valence electrons. The quantitative estimate of drug-likeness (QED) is 0.556. The summed E-state index contributed by atoms with van der Waals surface area (Å²) in [5.74, 6) is -0.628. The molecule has 1 aliphatic heterocycles. The van der Waals surface area contributed by atoms with Gasteiger partial charge in [-0.3, -0.25) is 4.79 Å². The first-order valence-electron chi connectivity index (χ1n) is 9.39. The number of rotatable bonds is 6. The Labute approximate surface area is 154 Å². The van der Waals surface area contributed by atoms with Gasteiger partial charge in [0.25, 0.3) is 0 Å². The highest BCUT2D eigenvalue weighted by atomic mass is 16.6. The summed E-state index contributed by atoms with van der Waals surface area (Å²) in [5, 5.41) is 5.52. The van der Waals surface area contributed by atoms with E-state index in [-0.39, 0.29) is 17.9 Å². The molecule has 7 nitrogen and oxygen atoms in total. The number of alkyl carbamates (subject to hydrolysis) is 1. The predicted molar refractivity (Wildman–Crippen MR) is 96.4 cm³/mol. The second-order valence-corrected chi connectivity index (χ2v) is 7.97. The van der Waals surface area contributed by atoms with Gasteiger partial charge in [0.15, 0.2) is 0 Å². The lowest BCUT2D eigenvalue weighted by Gasteiger charge is -2.23. The van der Waals surface area contributed by atoms with Gasteiger partial charge in [0.2, 0.25) is 5.91 Å². The smallest absolute Gasteiger partial charge is 0.408 e. The Balaban J connectivity index is 1.94. The number of hydrogen-bond acceptors (Lipinski definition) is 5. The first-order chi connectivity index (χ1) is 12.2. The minimum Gasteiger partial charge on any atom is -0.459 e. The van der Waals surface area contributed by atoms with Crippen molar-refractivity contribution in [1.29, 1.82) is 0 Å². The monoisotopic (exact) mass is 366 g/mol. The molecule has 1 saturated heterocycles. The molecule has 2 amide bonds. The van der Waals surface area contributed by atoms with Crippen molar-refractivity contribution in [2.24, 2.45) is 5.92 Å². The molecule has 0 radical (unpaired) electrons. The van der Waals surface area contributed by atoms with Crippen LogP contribution < -0.4 is 10.6 Å². The molecule has 1 saturated carbocycles. The number of carbonyl (C=O) groups is 3. The van der Waals surface area contributed by atoms with Crippen molar-refractivity contribution >= 4 is 18.0 Å². The van der Waals surface area contributed by atoms with Crippen LogP contribution in [0.3, 0.4) is 0 Å². The Morgan fingerprint density at radius 3 is 2.54 bits per heavy atom. The Bertz CT molecular complexity index is 547. The molecule has 7 heteroatoms. The van der Waals surface area contributed by atoms with E-state index in [2.05, 4.69) is 10.6 Å². The van der Waals surface area contributed by atoms with Gasteiger partial charge in [-0.25, -0.2) is 9.59 Å². The molecule has 2 aliphatic rings. The third-order valence-corrected chi connectivity index (χ3v) is 4.45. The topological polar surface area (TPSA) is 93.7 Å². The number of ether oxygens (including phenoxy) is 2. The van der Waals surface area contributed by atoms with Crippen molar-refractivity contribution < 1.29 is 23.9 Å². The third-order valence-electron chi connectivity index (χ3n) is 4.45. The molecule has 2 rings (SSSR count). The van der Waals surface area contributed by atoms with E-state index in [9.17, 15) is 14.4 Å². The van der Waals surface area contributed by atoms with E-state index in [1.54, 1.807) is 26.8 Å². The lowest BCUT2D eigenvalue weighted by Crippen LogP contribution is -2.40. The van der Waals surface area contributed by atoms with Crippen LogP contribution in [0.4, 0.5) is 4.79 Å². The van der Waals surface area contributed by atoms with E-state index in [0.717, 1.165) is 25.7 Å². The minimum atomic E-state index is -0.621. The Kier molecular flexibility index (Phi) is 7.06. The minimum absolute atomic E-state index is 0.00924. The molecule has 2 fully saturated rings. The summed E-state index contributed by atoms with van der Waals surface area (Å²) >= 11 is 0. The number of hydrogen-bond donors (Lipinski definition) is 2. The molecule has 0 unspecified atom stereocenters. The maximum absolute atomic E-state index is 12.1. The van der Waals surface area contributed by atoms with Crippen LogP contribution in [0.25, 0.3) is 0 Å². The van der Waals surface area contributed by atoms with Gasteiger partial charge in [0, 0.05) is 18.5 Å². The molecular formula is C19H30N2O5. The first kappa shape index (κ1) is 20.3. The van der Waals surface area contributed by atoms with Gasteiger partial charge in [0.05, 0.1) is 6.04 Å². The summed E-state index contributed by atoms with van der Waals surface area (Å²) < 4.78 is 10.7. The van der Waals surface area contributed by atoms with Crippen LogP contribution in [0.1, 0.15) is 59.3 Å². The van der Waals surface area contributed by atoms with E-state index < -0.39 is 23.7 Å². The third kappa shape index (κ3) is 7.06. The van der Waals surface area contributed by atoms with Crippen LogP contribution in [0.2, 0.25) is 0 Å². The van der Waals surface area contributed by atoms with Gasteiger partial charge in [0.1, 0.15) is 11.7 Å². The second kappa shape index (κ2) is 9.05. The summed E-state index contributed by atoms with van der Waals surface area (Å²) in [6.07, 6.45) is 7.45. The van der Waals surface area contributed by atoms with Gasteiger partial charge < -0.3 is 20.1 Å². The number of esters is 1. The van der Waals surface area contributed by atoms with E-state index >= 15 is 0 Å². The number of nitrogens with one attached hydrogen (secondary N) is 2. The molecule has 2 N–H and O–H groups in total. The van der Waals surface area contributed by atoms with Crippen molar-refractivity contribution in [2.45, 2.75) is 77.0 Å². The lowest BCUT2D eigenvalue weighted by molar-refractivity contribution is -0.142. The molecule has 1 heterocycles. The van der Waals surface area contributed by atoms with Crippen LogP contribution in [0, 0.1) is 5.92 Å². The largest absolute Gasteiger partial charge is 0.459 e. The predicted octanol–water partition coefficient (Wildman–Crippen LogP) is 2.45. The van der Waals surface area contributed by atoms with Crippen molar-refractivity contribution in [2.75, 3.05) is 6.54 Å². The standard InChI is InChI=1S/C19H30N2O5/c1-19(2,3)26-18(24)21-14(12-13-10-11-20-17(13)23)8-9-16(22)25-15-6-4-5-7-15/h8-9,13-15H,4-7,10-12H2,1-3H3,(H,20,23)(H,21,24)/t13-,14+/m0/s1. The molecule has 0 aromatic heterocycles. The summed E-state index contributed by atoms with van der Waals surface area (Å²) in [6, 6.07) is -0.477. The summed E-state index contributed by atoms with van der Waals surface area (Å²) in [4.78, 5) is 35.9. The average molecular weight is 366 g/mol. The maximum atomic E-state index is 12.1. The van der Waals surface area contributed by atoms with Crippen molar-refractivity contribution in [3.05, 3.63) is 12.2 Å². The van der Waals surface area contributed by atoms with Crippen molar-refractivity contribution in [3.63, 3.8) is 0 Å². The summed E-state index contributed by atoms with van der Waals surface area (Å²) in [5.41, 5.74) is -0.621. The first-order valence-corrected chi connectivity index (χ1v) is 9.39. The number of carbonyl (C=O) groups excluding carboxylic acids is 3. The van der Waals surface area contributed by atoms with E-state index in [1.807, 2.05) is 0 Å². The lowest BCUT2D eigenvalue weighted by atomic mass is 9.98. The summed E-state index contributed by atoms with van der Waals surface area (Å²) in [6.45, 7) is 5.97. The Hall–Kier alpha value is -2.05. The average Bonchev–Trinajstić information content (AvgIpc) is 3.15.